The van der Waals surface area contributed by atoms with Gasteiger partial charge in [0.25, 0.3) is 0 Å². The molecule has 19 heavy (non-hydrogen) atoms. The number of hydrogen-bond donors (Lipinski definition) is 3. The predicted molar refractivity (Wildman–Crippen MR) is 68.0 cm³/mol. The van der Waals surface area contributed by atoms with Crippen LogP contribution in [0.4, 0.5) is 0 Å². The van der Waals surface area contributed by atoms with Crippen molar-refractivity contribution in [1.29, 1.82) is 0 Å². The summed E-state index contributed by atoms with van der Waals surface area (Å²) in [5.74, 6) is 0. The Balaban J connectivity index is 3.10. The highest BCUT2D eigenvalue weighted by molar-refractivity contribution is 4.64. The molecule has 0 heterocycles. The molecule has 0 saturated carbocycles. The monoisotopic (exact) mass is 282 g/mol. The molecular formula is C12H26O7. The van der Waals surface area contributed by atoms with Crippen LogP contribution in [-0.4, -0.2) is 87.0 Å². The van der Waals surface area contributed by atoms with Gasteiger partial charge < -0.3 is 34.3 Å². The number of ether oxygens (including phenoxy) is 4. The molecular weight excluding hydrogens is 256 g/mol. The van der Waals surface area contributed by atoms with Crippen molar-refractivity contribution in [2.45, 2.75) is 19.1 Å². The lowest BCUT2D eigenvalue weighted by molar-refractivity contribution is -0.0662. The zero-order valence-corrected chi connectivity index (χ0v) is 11.5. The standard InChI is InChI=1S/C12H26O7/c1-2-16-3-4-17-5-6-18-7-8-19-10-12(15)11(14)9-13/h11-15H,2-10H2,1H3. The van der Waals surface area contributed by atoms with Crippen molar-refractivity contribution in [2.75, 3.05) is 59.5 Å². The average molecular weight is 282 g/mol. The summed E-state index contributed by atoms with van der Waals surface area (Å²) in [7, 11) is 0. The van der Waals surface area contributed by atoms with Crippen LogP contribution in [0.25, 0.3) is 0 Å². The lowest BCUT2D eigenvalue weighted by atomic mass is 10.2. The third-order valence-electron chi connectivity index (χ3n) is 2.24. The van der Waals surface area contributed by atoms with Gasteiger partial charge in [-0.25, -0.2) is 0 Å². The van der Waals surface area contributed by atoms with Crippen molar-refractivity contribution >= 4 is 0 Å². The van der Waals surface area contributed by atoms with Gasteiger partial charge in [0.05, 0.1) is 52.9 Å². The molecule has 0 aromatic carbocycles. The molecule has 0 saturated heterocycles. The Kier molecular flexibility index (Phi) is 13.9. The summed E-state index contributed by atoms with van der Waals surface area (Å²) in [6.07, 6.45) is -2.24. The largest absolute Gasteiger partial charge is 0.394 e. The van der Waals surface area contributed by atoms with Crippen LogP contribution in [0.3, 0.4) is 0 Å². The van der Waals surface area contributed by atoms with E-state index in [-0.39, 0.29) is 6.61 Å². The summed E-state index contributed by atoms with van der Waals surface area (Å²) in [5.41, 5.74) is 0. The molecule has 0 aliphatic rings. The second-order valence-electron chi connectivity index (χ2n) is 3.81. The first-order chi connectivity index (χ1) is 9.22. The normalized spacial score (nSPS) is 14.5. The van der Waals surface area contributed by atoms with E-state index in [1.54, 1.807) is 0 Å². The van der Waals surface area contributed by atoms with Crippen molar-refractivity contribution in [3.05, 3.63) is 0 Å². The van der Waals surface area contributed by atoms with Crippen LogP contribution in [0.1, 0.15) is 6.92 Å². The van der Waals surface area contributed by atoms with Crippen molar-refractivity contribution in [1.82, 2.24) is 0 Å². The van der Waals surface area contributed by atoms with E-state index >= 15 is 0 Å². The number of aliphatic hydroxyl groups is 3. The fraction of sp³-hybridized carbons (Fsp3) is 1.00. The zero-order valence-electron chi connectivity index (χ0n) is 11.5. The lowest BCUT2D eigenvalue weighted by Crippen LogP contribution is -2.33. The van der Waals surface area contributed by atoms with E-state index in [0.717, 1.165) is 0 Å². The van der Waals surface area contributed by atoms with E-state index in [0.29, 0.717) is 46.2 Å². The van der Waals surface area contributed by atoms with E-state index < -0.39 is 18.8 Å². The molecule has 0 aliphatic carbocycles. The minimum Gasteiger partial charge on any atom is -0.394 e. The van der Waals surface area contributed by atoms with Gasteiger partial charge in [-0.15, -0.1) is 0 Å². The maximum absolute atomic E-state index is 9.25. The minimum atomic E-state index is -1.17. The van der Waals surface area contributed by atoms with Crippen LogP contribution in [0.2, 0.25) is 0 Å². The van der Waals surface area contributed by atoms with E-state index in [1.807, 2.05) is 6.92 Å². The van der Waals surface area contributed by atoms with Gasteiger partial charge in [0, 0.05) is 6.61 Å². The second kappa shape index (κ2) is 14.1. The molecule has 0 bridgehead atoms. The predicted octanol–water partition coefficient (Wildman–Crippen LogP) is -1.21. The van der Waals surface area contributed by atoms with E-state index in [9.17, 15) is 5.11 Å². The van der Waals surface area contributed by atoms with Crippen LogP contribution >= 0.6 is 0 Å². The minimum absolute atomic E-state index is 0.0318. The Morgan fingerprint density at radius 1 is 0.737 bits per heavy atom. The van der Waals surface area contributed by atoms with Gasteiger partial charge >= 0.3 is 0 Å². The molecule has 2 atom stereocenters. The van der Waals surface area contributed by atoms with Crippen LogP contribution in [0, 0.1) is 0 Å². The Labute approximate surface area is 114 Å². The van der Waals surface area contributed by atoms with Gasteiger partial charge in [-0.3, -0.25) is 0 Å². The maximum atomic E-state index is 9.25. The molecule has 0 aliphatic heterocycles. The summed E-state index contributed by atoms with van der Waals surface area (Å²) < 4.78 is 20.6. The molecule has 0 radical (unpaired) electrons. The van der Waals surface area contributed by atoms with E-state index in [1.165, 1.54) is 0 Å². The molecule has 0 amide bonds. The molecule has 7 nitrogen and oxygen atoms in total. The third kappa shape index (κ3) is 12.5. The topological polar surface area (TPSA) is 97.6 Å². The maximum Gasteiger partial charge on any atom is 0.105 e. The molecule has 3 N–H and O–H groups in total. The molecule has 116 valence electrons. The first kappa shape index (κ1) is 18.7. The number of aliphatic hydroxyl groups excluding tert-OH is 3. The third-order valence-corrected chi connectivity index (χ3v) is 2.24. The molecule has 0 aromatic heterocycles. The molecule has 7 heteroatoms. The number of rotatable bonds is 14. The van der Waals surface area contributed by atoms with Crippen molar-refractivity contribution in [3.63, 3.8) is 0 Å². The quantitative estimate of drug-likeness (QED) is 0.344. The Morgan fingerprint density at radius 3 is 1.68 bits per heavy atom. The lowest BCUT2D eigenvalue weighted by Gasteiger charge is -2.15. The fourth-order valence-electron chi connectivity index (χ4n) is 1.14. The Morgan fingerprint density at radius 2 is 1.21 bits per heavy atom. The molecule has 0 aromatic rings. The van der Waals surface area contributed by atoms with Crippen LogP contribution in [0.15, 0.2) is 0 Å². The summed E-state index contributed by atoms with van der Waals surface area (Å²) in [5, 5.41) is 26.9. The van der Waals surface area contributed by atoms with Gasteiger partial charge in [-0.05, 0) is 6.92 Å². The van der Waals surface area contributed by atoms with Gasteiger partial charge in [-0.2, -0.15) is 0 Å². The summed E-state index contributed by atoms with van der Waals surface area (Å²) >= 11 is 0. The smallest absolute Gasteiger partial charge is 0.105 e. The highest BCUT2D eigenvalue weighted by atomic mass is 16.6. The molecule has 2 unspecified atom stereocenters. The van der Waals surface area contributed by atoms with Crippen molar-refractivity contribution < 1.29 is 34.3 Å². The Hall–Kier alpha value is -0.280. The molecule has 0 fully saturated rings. The SMILES string of the molecule is CCOCCOCCOCCOCC(O)C(O)CO. The van der Waals surface area contributed by atoms with Crippen LogP contribution in [-0.2, 0) is 18.9 Å². The second-order valence-corrected chi connectivity index (χ2v) is 3.81. The fourth-order valence-corrected chi connectivity index (χ4v) is 1.14. The van der Waals surface area contributed by atoms with Crippen LogP contribution in [0.5, 0.6) is 0 Å². The summed E-state index contributed by atoms with van der Waals surface area (Å²) in [6, 6.07) is 0. The highest BCUT2D eigenvalue weighted by Gasteiger charge is 2.14. The summed E-state index contributed by atoms with van der Waals surface area (Å²) in [6.45, 7) is 4.91. The van der Waals surface area contributed by atoms with E-state index in [2.05, 4.69) is 0 Å². The van der Waals surface area contributed by atoms with Gasteiger partial charge in [0.15, 0.2) is 0 Å². The van der Waals surface area contributed by atoms with Gasteiger partial charge in [0.1, 0.15) is 12.2 Å². The highest BCUT2D eigenvalue weighted by Crippen LogP contribution is 1.93. The Bertz CT molecular complexity index is 179. The van der Waals surface area contributed by atoms with Crippen LogP contribution < -0.4 is 0 Å². The average Bonchev–Trinajstić information content (AvgIpc) is 2.43. The van der Waals surface area contributed by atoms with Crippen molar-refractivity contribution in [2.24, 2.45) is 0 Å². The molecule has 0 rings (SSSR count). The summed E-state index contributed by atoms with van der Waals surface area (Å²) in [4.78, 5) is 0. The van der Waals surface area contributed by atoms with Crippen molar-refractivity contribution in [3.8, 4) is 0 Å². The van der Waals surface area contributed by atoms with Gasteiger partial charge in [0.2, 0.25) is 0 Å². The first-order valence-electron chi connectivity index (χ1n) is 6.50. The van der Waals surface area contributed by atoms with E-state index in [4.69, 9.17) is 29.2 Å². The zero-order chi connectivity index (χ0) is 14.3. The molecule has 0 spiro atoms. The number of hydrogen-bond acceptors (Lipinski definition) is 7. The van der Waals surface area contributed by atoms with Gasteiger partial charge in [-0.1, -0.05) is 0 Å². The first-order valence-corrected chi connectivity index (χ1v) is 6.50.